The van der Waals surface area contributed by atoms with E-state index in [9.17, 15) is 4.79 Å². The van der Waals surface area contributed by atoms with Crippen LogP contribution in [0.2, 0.25) is 0 Å². The third kappa shape index (κ3) is 2.91. The van der Waals surface area contributed by atoms with E-state index in [0.717, 1.165) is 59.4 Å². The number of aromatic amines is 2. The molecule has 4 aromatic rings. The van der Waals surface area contributed by atoms with Gasteiger partial charge in [0.2, 0.25) is 0 Å². The number of imidazole rings is 1. The van der Waals surface area contributed by atoms with Gasteiger partial charge in [0, 0.05) is 36.0 Å². The Balaban J connectivity index is 1.30. The molecular formula is C22H22N4O2. The smallest absolute Gasteiger partial charge is 0.270 e. The molecule has 142 valence electrons. The molecule has 5 rings (SSSR count). The van der Waals surface area contributed by atoms with Gasteiger partial charge in [0.1, 0.15) is 17.3 Å². The number of fused-ring (bicyclic) bond motifs is 2. The number of carbonyl (C=O) groups is 1. The number of piperidine rings is 1. The van der Waals surface area contributed by atoms with Gasteiger partial charge in [-0.2, -0.15) is 0 Å². The van der Waals surface area contributed by atoms with Crippen LogP contribution < -0.4 is 4.74 Å². The summed E-state index contributed by atoms with van der Waals surface area (Å²) in [6, 6.07) is 15.8. The maximum Gasteiger partial charge on any atom is 0.270 e. The second-order valence-corrected chi connectivity index (χ2v) is 7.34. The van der Waals surface area contributed by atoms with E-state index in [1.54, 1.807) is 7.11 Å². The van der Waals surface area contributed by atoms with Gasteiger partial charge in [0.05, 0.1) is 18.1 Å². The van der Waals surface area contributed by atoms with Gasteiger partial charge in [-0.3, -0.25) is 4.79 Å². The fourth-order valence-electron chi connectivity index (χ4n) is 4.04. The lowest BCUT2D eigenvalue weighted by Crippen LogP contribution is -2.38. The topological polar surface area (TPSA) is 74.0 Å². The number of carbonyl (C=O) groups excluding carboxylic acids is 1. The Morgan fingerprint density at radius 1 is 1.07 bits per heavy atom. The summed E-state index contributed by atoms with van der Waals surface area (Å²) in [7, 11) is 1.64. The second-order valence-electron chi connectivity index (χ2n) is 7.34. The van der Waals surface area contributed by atoms with Crippen molar-refractivity contribution in [3.05, 3.63) is 60.0 Å². The minimum absolute atomic E-state index is 0.0539. The molecule has 1 amide bonds. The lowest BCUT2D eigenvalue weighted by molar-refractivity contribution is 0.0706. The first kappa shape index (κ1) is 16.9. The summed E-state index contributed by atoms with van der Waals surface area (Å²) >= 11 is 0. The van der Waals surface area contributed by atoms with E-state index in [4.69, 9.17) is 9.72 Å². The van der Waals surface area contributed by atoms with Crippen LogP contribution in [0.1, 0.15) is 35.1 Å². The number of aromatic nitrogens is 3. The molecule has 28 heavy (non-hydrogen) atoms. The van der Waals surface area contributed by atoms with E-state index < -0.39 is 0 Å². The number of para-hydroxylation sites is 2. The van der Waals surface area contributed by atoms with Crippen LogP contribution in [0.3, 0.4) is 0 Å². The first-order chi connectivity index (χ1) is 13.7. The van der Waals surface area contributed by atoms with Gasteiger partial charge >= 0.3 is 0 Å². The molecule has 0 bridgehead atoms. The van der Waals surface area contributed by atoms with Gasteiger partial charge in [-0.1, -0.05) is 12.1 Å². The third-order valence-corrected chi connectivity index (χ3v) is 5.64. The number of amides is 1. The Morgan fingerprint density at radius 2 is 1.89 bits per heavy atom. The van der Waals surface area contributed by atoms with E-state index in [1.165, 1.54) is 0 Å². The highest BCUT2D eigenvalue weighted by Crippen LogP contribution is 2.29. The van der Waals surface area contributed by atoms with Crippen molar-refractivity contribution in [2.24, 2.45) is 0 Å². The first-order valence-corrected chi connectivity index (χ1v) is 9.62. The molecule has 0 spiro atoms. The fourth-order valence-corrected chi connectivity index (χ4v) is 4.04. The predicted molar refractivity (Wildman–Crippen MR) is 109 cm³/mol. The number of nitrogens with one attached hydrogen (secondary N) is 2. The number of hydrogen-bond donors (Lipinski definition) is 2. The van der Waals surface area contributed by atoms with Crippen molar-refractivity contribution in [2.45, 2.75) is 18.8 Å². The van der Waals surface area contributed by atoms with Gasteiger partial charge < -0.3 is 19.6 Å². The Labute approximate surface area is 162 Å². The highest BCUT2D eigenvalue weighted by atomic mass is 16.5. The van der Waals surface area contributed by atoms with Crippen LogP contribution in [-0.2, 0) is 0 Å². The maximum atomic E-state index is 12.9. The van der Waals surface area contributed by atoms with Gasteiger partial charge in [-0.15, -0.1) is 0 Å². The Bertz CT molecular complexity index is 1120. The van der Waals surface area contributed by atoms with Crippen molar-refractivity contribution < 1.29 is 9.53 Å². The molecule has 2 N–H and O–H groups in total. The van der Waals surface area contributed by atoms with Crippen LogP contribution >= 0.6 is 0 Å². The molecule has 0 saturated carbocycles. The van der Waals surface area contributed by atoms with Crippen molar-refractivity contribution in [1.29, 1.82) is 0 Å². The predicted octanol–water partition coefficient (Wildman–Crippen LogP) is 4.07. The molecular weight excluding hydrogens is 352 g/mol. The molecule has 0 aliphatic carbocycles. The lowest BCUT2D eigenvalue weighted by Gasteiger charge is -2.30. The third-order valence-electron chi connectivity index (χ3n) is 5.64. The average molecular weight is 374 g/mol. The number of nitrogens with zero attached hydrogens (tertiary/aromatic N) is 2. The largest absolute Gasteiger partial charge is 0.497 e. The molecule has 1 fully saturated rings. The van der Waals surface area contributed by atoms with Gasteiger partial charge in [0.25, 0.3) is 5.91 Å². The second kappa shape index (κ2) is 6.71. The van der Waals surface area contributed by atoms with Crippen LogP contribution in [0.4, 0.5) is 0 Å². The number of ether oxygens (including phenoxy) is 1. The Morgan fingerprint density at radius 3 is 2.68 bits per heavy atom. The summed E-state index contributed by atoms with van der Waals surface area (Å²) in [5, 5.41) is 1.02. The SMILES string of the molecule is COc1ccc2cc(C(=O)N3CCC(c4nc5ccccc5[nH]4)CC3)[nH]c2c1. The molecule has 2 aromatic carbocycles. The summed E-state index contributed by atoms with van der Waals surface area (Å²) in [5.74, 6) is 2.23. The zero-order valence-electron chi connectivity index (χ0n) is 15.7. The Kier molecular flexibility index (Phi) is 4.04. The van der Waals surface area contributed by atoms with Gasteiger partial charge in [0.15, 0.2) is 0 Å². The zero-order valence-corrected chi connectivity index (χ0v) is 15.7. The maximum absolute atomic E-state index is 12.9. The normalized spacial score (nSPS) is 15.4. The van der Waals surface area contributed by atoms with Crippen molar-refractivity contribution in [1.82, 2.24) is 19.9 Å². The number of H-pyrrole nitrogens is 2. The lowest BCUT2D eigenvalue weighted by atomic mass is 9.96. The number of benzene rings is 2. The molecule has 0 atom stereocenters. The molecule has 1 aliphatic rings. The van der Waals surface area contributed by atoms with E-state index in [2.05, 4.69) is 16.0 Å². The zero-order chi connectivity index (χ0) is 19.1. The highest BCUT2D eigenvalue weighted by Gasteiger charge is 2.27. The van der Waals surface area contributed by atoms with Gasteiger partial charge in [-0.05, 0) is 43.2 Å². The van der Waals surface area contributed by atoms with E-state index in [-0.39, 0.29) is 5.91 Å². The molecule has 0 radical (unpaired) electrons. The van der Waals surface area contributed by atoms with Gasteiger partial charge in [-0.25, -0.2) is 4.98 Å². The molecule has 6 heteroatoms. The van der Waals surface area contributed by atoms with E-state index >= 15 is 0 Å². The minimum Gasteiger partial charge on any atom is -0.497 e. The van der Waals surface area contributed by atoms with Crippen molar-refractivity contribution in [3.8, 4) is 5.75 Å². The van der Waals surface area contributed by atoms with Crippen LogP contribution in [-0.4, -0.2) is 46.0 Å². The Hall–Kier alpha value is -3.28. The monoisotopic (exact) mass is 374 g/mol. The van der Waals surface area contributed by atoms with Crippen molar-refractivity contribution >= 4 is 27.8 Å². The summed E-state index contributed by atoms with van der Waals surface area (Å²) in [6.45, 7) is 1.47. The molecule has 1 aliphatic heterocycles. The molecule has 6 nitrogen and oxygen atoms in total. The summed E-state index contributed by atoms with van der Waals surface area (Å²) in [5.41, 5.74) is 3.62. The van der Waals surface area contributed by atoms with Crippen LogP contribution in [0.15, 0.2) is 48.5 Å². The fraction of sp³-hybridized carbons (Fsp3) is 0.273. The van der Waals surface area contributed by atoms with Crippen LogP contribution in [0.25, 0.3) is 21.9 Å². The average Bonchev–Trinajstić information content (AvgIpc) is 3.36. The number of likely N-dealkylation sites (tertiary alicyclic amines) is 1. The molecule has 1 saturated heterocycles. The number of methoxy groups -OCH3 is 1. The van der Waals surface area contributed by atoms with Crippen LogP contribution in [0.5, 0.6) is 5.75 Å². The molecule has 3 heterocycles. The number of rotatable bonds is 3. The first-order valence-electron chi connectivity index (χ1n) is 9.62. The van der Waals surface area contributed by atoms with E-state index in [0.29, 0.717) is 11.6 Å². The minimum atomic E-state index is 0.0539. The molecule has 2 aromatic heterocycles. The van der Waals surface area contributed by atoms with Crippen LogP contribution in [0, 0.1) is 0 Å². The summed E-state index contributed by atoms with van der Waals surface area (Å²) in [6.07, 6.45) is 1.83. The standard InChI is InChI=1S/C22H22N4O2/c1-28-16-7-6-15-12-20(23-19(15)13-16)22(27)26-10-8-14(9-11-26)21-24-17-4-2-3-5-18(17)25-21/h2-7,12-14,23H,8-11H2,1H3,(H,24,25). The quantitative estimate of drug-likeness (QED) is 0.568. The summed E-state index contributed by atoms with van der Waals surface area (Å²) in [4.78, 5) is 26.3. The number of hydrogen-bond acceptors (Lipinski definition) is 3. The molecule has 0 unspecified atom stereocenters. The summed E-state index contributed by atoms with van der Waals surface area (Å²) < 4.78 is 5.26. The van der Waals surface area contributed by atoms with Crippen molar-refractivity contribution in [2.75, 3.05) is 20.2 Å². The van der Waals surface area contributed by atoms with Crippen molar-refractivity contribution in [3.63, 3.8) is 0 Å². The van der Waals surface area contributed by atoms with E-state index in [1.807, 2.05) is 47.4 Å². The highest BCUT2D eigenvalue weighted by molar-refractivity contribution is 5.98.